The third-order valence-corrected chi connectivity index (χ3v) is 5.81. The molecule has 3 heterocycles. The Bertz CT molecular complexity index is 970. The zero-order chi connectivity index (χ0) is 20.9. The zero-order valence-corrected chi connectivity index (χ0v) is 18.2. The van der Waals surface area contributed by atoms with Crippen molar-refractivity contribution in [3.63, 3.8) is 0 Å². The monoisotopic (exact) mass is 429 g/mol. The molecule has 0 radical (unpaired) electrons. The highest BCUT2D eigenvalue weighted by atomic mass is 35.5. The predicted octanol–water partition coefficient (Wildman–Crippen LogP) is 3.78. The number of halogens is 1. The molecule has 1 aliphatic rings. The highest BCUT2D eigenvalue weighted by Gasteiger charge is 2.25. The number of morpholine rings is 1. The molecule has 0 amide bonds. The lowest BCUT2D eigenvalue weighted by molar-refractivity contribution is -0.0350. The Balaban J connectivity index is 1.31. The molecule has 160 valence electrons. The maximum Gasteiger partial charge on any atom is 0.137 e. The van der Waals surface area contributed by atoms with E-state index >= 15 is 0 Å². The molecule has 0 spiro atoms. The number of para-hydroxylation sites is 1. The highest BCUT2D eigenvalue weighted by molar-refractivity contribution is 6.32. The van der Waals surface area contributed by atoms with E-state index in [2.05, 4.69) is 40.1 Å². The topological polar surface area (TPSA) is 68.2 Å². The van der Waals surface area contributed by atoms with Crippen LogP contribution < -0.4 is 4.74 Å². The molecule has 0 bridgehead atoms. The largest absolute Gasteiger partial charge is 0.492 e. The molecule has 0 unspecified atom stereocenters. The zero-order valence-electron chi connectivity index (χ0n) is 17.5. The molecule has 4 rings (SSSR count). The lowest BCUT2D eigenvalue weighted by Crippen LogP contribution is -2.38. The van der Waals surface area contributed by atoms with E-state index in [0.29, 0.717) is 24.0 Å². The van der Waals surface area contributed by atoms with Crippen molar-refractivity contribution in [1.82, 2.24) is 24.9 Å². The van der Waals surface area contributed by atoms with Crippen molar-refractivity contribution >= 4 is 11.6 Å². The molecular weight excluding hydrogens is 402 g/mol. The van der Waals surface area contributed by atoms with Gasteiger partial charge in [0.15, 0.2) is 0 Å². The fraction of sp³-hybridized carbons (Fsp3) is 0.455. The summed E-state index contributed by atoms with van der Waals surface area (Å²) in [7, 11) is 0. The Kier molecular flexibility index (Phi) is 6.72. The number of rotatable bonds is 8. The van der Waals surface area contributed by atoms with Crippen LogP contribution in [-0.2, 0) is 24.2 Å². The Hall–Kier alpha value is -2.35. The van der Waals surface area contributed by atoms with Gasteiger partial charge in [-0.15, -0.1) is 0 Å². The number of hydrogen-bond acceptors (Lipinski definition) is 5. The van der Waals surface area contributed by atoms with Crippen molar-refractivity contribution in [2.24, 2.45) is 0 Å². The van der Waals surface area contributed by atoms with E-state index in [4.69, 9.17) is 21.1 Å². The average molecular weight is 430 g/mol. The smallest absolute Gasteiger partial charge is 0.137 e. The molecule has 7 nitrogen and oxygen atoms in total. The molecule has 0 aliphatic carbocycles. The molecule has 1 atom stereocenters. The number of aromatic amines is 1. The third-order valence-electron chi connectivity index (χ3n) is 5.50. The van der Waals surface area contributed by atoms with E-state index in [1.807, 2.05) is 35.1 Å². The minimum Gasteiger partial charge on any atom is -0.492 e. The van der Waals surface area contributed by atoms with E-state index in [1.54, 1.807) is 0 Å². The van der Waals surface area contributed by atoms with Crippen LogP contribution >= 0.6 is 11.6 Å². The summed E-state index contributed by atoms with van der Waals surface area (Å²) in [5.41, 5.74) is 4.48. The van der Waals surface area contributed by atoms with E-state index in [-0.39, 0.29) is 6.10 Å². The van der Waals surface area contributed by atoms with Gasteiger partial charge in [-0.2, -0.15) is 10.2 Å². The fourth-order valence-corrected chi connectivity index (χ4v) is 3.92. The molecule has 1 fully saturated rings. The maximum absolute atomic E-state index is 6.13. The van der Waals surface area contributed by atoms with Gasteiger partial charge in [-0.25, -0.2) is 0 Å². The van der Waals surface area contributed by atoms with Crippen molar-refractivity contribution in [1.29, 1.82) is 0 Å². The van der Waals surface area contributed by atoms with Crippen LogP contribution in [-0.4, -0.2) is 51.2 Å². The average Bonchev–Trinajstić information content (AvgIpc) is 3.37. The number of H-pyrrole nitrogens is 1. The lowest BCUT2D eigenvalue weighted by Gasteiger charge is -2.32. The molecule has 2 aromatic heterocycles. The van der Waals surface area contributed by atoms with Crippen LogP contribution in [0.4, 0.5) is 0 Å². The van der Waals surface area contributed by atoms with Crippen molar-refractivity contribution < 1.29 is 9.47 Å². The molecule has 1 saturated heterocycles. The van der Waals surface area contributed by atoms with Gasteiger partial charge in [-0.05, 0) is 32.0 Å². The van der Waals surface area contributed by atoms with Crippen LogP contribution in [0.3, 0.4) is 0 Å². The summed E-state index contributed by atoms with van der Waals surface area (Å²) in [6.45, 7) is 8.99. The van der Waals surface area contributed by atoms with Gasteiger partial charge < -0.3 is 9.47 Å². The molecular formula is C22H28ClN5O2. The lowest BCUT2D eigenvalue weighted by atomic mass is 10.1. The van der Waals surface area contributed by atoms with Gasteiger partial charge in [0.25, 0.3) is 0 Å². The van der Waals surface area contributed by atoms with E-state index in [0.717, 1.165) is 44.0 Å². The summed E-state index contributed by atoms with van der Waals surface area (Å²) >= 11 is 6.13. The summed E-state index contributed by atoms with van der Waals surface area (Å²) in [4.78, 5) is 2.41. The van der Waals surface area contributed by atoms with Crippen LogP contribution in [0.2, 0.25) is 5.02 Å². The minimum atomic E-state index is -0.0326. The SMILES string of the molecule is CCn1ncc(CN2CCO[C@@H](c3cc(CCOc4ccccc4Cl)[nH]n3)C2)c1C. The predicted molar refractivity (Wildman–Crippen MR) is 116 cm³/mol. The Morgan fingerprint density at radius 3 is 3.00 bits per heavy atom. The number of nitrogens with zero attached hydrogens (tertiary/aromatic N) is 4. The Labute approximate surface area is 181 Å². The van der Waals surface area contributed by atoms with Crippen LogP contribution in [0, 0.1) is 6.92 Å². The van der Waals surface area contributed by atoms with E-state index < -0.39 is 0 Å². The number of hydrogen-bond donors (Lipinski definition) is 1. The normalized spacial score (nSPS) is 17.4. The summed E-state index contributed by atoms with van der Waals surface area (Å²) in [5.74, 6) is 0.701. The second kappa shape index (κ2) is 9.64. The molecule has 3 aromatic rings. The number of nitrogens with one attached hydrogen (secondary N) is 1. The van der Waals surface area contributed by atoms with Gasteiger partial charge in [0.2, 0.25) is 0 Å². The Morgan fingerprint density at radius 2 is 2.20 bits per heavy atom. The van der Waals surface area contributed by atoms with Gasteiger partial charge in [0, 0.05) is 49.6 Å². The highest BCUT2D eigenvalue weighted by Crippen LogP contribution is 2.25. The quantitative estimate of drug-likeness (QED) is 0.590. The van der Waals surface area contributed by atoms with Crippen molar-refractivity contribution in [3.8, 4) is 5.75 Å². The maximum atomic E-state index is 6.13. The van der Waals surface area contributed by atoms with Gasteiger partial charge in [0.05, 0.1) is 30.1 Å². The van der Waals surface area contributed by atoms with Crippen LogP contribution in [0.1, 0.15) is 35.7 Å². The van der Waals surface area contributed by atoms with Gasteiger partial charge in [-0.3, -0.25) is 14.7 Å². The standard InChI is InChI=1S/C22H28ClN5O2/c1-3-28-16(2)17(13-24-28)14-27-9-11-30-22(15-27)20-12-18(25-26-20)8-10-29-21-7-5-4-6-19(21)23/h4-7,12-13,22H,3,8-11,14-15H2,1-2H3,(H,25,26)/t22-/m1/s1. The molecule has 1 N–H and O–H groups in total. The van der Waals surface area contributed by atoms with Crippen LogP contribution in [0.25, 0.3) is 0 Å². The first kappa shape index (κ1) is 20.9. The van der Waals surface area contributed by atoms with Crippen molar-refractivity contribution in [2.45, 2.75) is 39.5 Å². The number of benzene rings is 1. The second-order valence-electron chi connectivity index (χ2n) is 7.51. The van der Waals surface area contributed by atoms with Crippen molar-refractivity contribution in [2.75, 3.05) is 26.3 Å². The number of ether oxygens (including phenoxy) is 2. The molecule has 30 heavy (non-hydrogen) atoms. The summed E-state index contributed by atoms with van der Waals surface area (Å²) in [6, 6.07) is 9.57. The first-order chi connectivity index (χ1) is 14.6. The number of aryl methyl sites for hydroxylation is 1. The molecule has 1 aromatic carbocycles. The van der Waals surface area contributed by atoms with Crippen LogP contribution in [0.15, 0.2) is 36.5 Å². The van der Waals surface area contributed by atoms with Gasteiger partial charge in [0.1, 0.15) is 11.9 Å². The second-order valence-corrected chi connectivity index (χ2v) is 7.92. The van der Waals surface area contributed by atoms with Gasteiger partial charge in [-0.1, -0.05) is 23.7 Å². The first-order valence-electron chi connectivity index (χ1n) is 10.4. The third kappa shape index (κ3) is 4.86. The summed E-state index contributed by atoms with van der Waals surface area (Å²) in [5, 5.41) is 12.7. The van der Waals surface area contributed by atoms with Crippen LogP contribution in [0.5, 0.6) is 5.75 Å². The van der Waals surface area contributed by atoms with E-state index in [1.165, 1.54) is 11.3 Å². The fourth-order valence-electron chi connectivity index (χ4n) is 3.73. The molecule has 0 saturated carbocycles. The Morgan fingerprint density at radius 1 is 1.33 bits per heavy atom. The van der Waals surface area contributed by atoms with E-state index in [9.17, 15) is 0 Å². The summed E-state index contributed by atoms with van der Waals surface area (Å²) < 4.78 is 13.8. The summed E-state index contributed by atoms with van der Waals surface area (Å²) in [6.07, 6.45) is 2.67. The van der Waals surface area contributed by atoms with Crippen molar-refractivity contribution in [3.05, 3.63) is 64.2 Å². The molecule has 8 heteroatoms. The molecule has 1 aliphatic heterocycles. The first-order valence-corrected chi connectivity index (χ1v) is 10.8. The minimum absolute atomic E-state index is 0.0326. The number of aromatic nitrogens is 4. The van der Waals surface area contributed by atoms with Gasteiger partial charge >= 0.3 is 0 Å².